The smallest absolute Gasteiger partial charge is 0.325 e. The van der Waals surface area contributed by atoms with Crippen molar-refractivity contribution < 1.29 is 22.8 Å². The van der Waals surface area contributed by atoms with E-state index in [1.165, 1.54) is 11.0 Å². The van der Waals surface area contributed by atoms with Crippen LogP contribution in [0.25, 0.3) is 0 Å². The summed E-state index contributed by atoms with van der Waals surface area (Å²) in [5.74, 6) is -0.705. The van der Waals surface area contributed by atoms with E-state index in [-0.39, 0.29) is 35.6 Å². The molecule has 1 N–H and O–H groups in total. The number of carbonyl (C=O) groups excluding carboxylic acids is 2. The lowest BCUT2D eigenvalue weighted by Crippen LogP contribution is -2.45. The van der Waals surface area contributed by atoms with E-state index in [4.69, 9.17) is 11.6 Å². The molecule has 1 heterocycles. The van der Waals surface area contributed by atoms with Gasteiger partial charge in [-0.25, -0.2) is 4.99 Å². The molecule has 0 saturated carbocycles. The van der Waals surface area contributed by atoms with Gasteiger partial charge in [-0.05, 0) is 37.3 Å². The summed E-state index contributed by atoms with van der Waals surface area (Å²) in [5.41, 5.74) is -0.441. The standard InChI is InChI=1S/C20H17ClF3N3O2S/c1-2-27-17(28)11-16(18(29)25-12-6-4-3-5-7-12)30-19(27)26-13-8-9-15(21)14(10-13)20(22,23)24/h3-10,16H,2,11H2,1H3,(H,25,29)/t16-/m1/s1. The van der Waals surface area contributed by atoms with E-state index in [0.29, 0.717) is 5.69 Å². The number of rotatable bonds is 4. The third-order valence-electron chi connectivity index (χ3n) is 4.27. The van der Waals surface area contributed by atoms with E-state index in [9.17, 15) is 22.8 Å². The first-order chi connectivity index (χ1) is 14.2. The first-order valence-corrected chi connectivity index (χ1v) is 10.2. The predicted molar refractivity (Wildman–Crippen MR) is 112 cm³/mol. The predicted octanol–water partition coefficient (Wildman–Crippen LogP) is 5.34. The fraction of sp³-hybridized carbons (Fsp3) is 0.250. The van der Waals surface area contributed by atoms with Crippen molar-refractivity contribution >= 4 is 51.7 Å². The molecule has 5 nitrogen and oxygen atoms in total. The van der Waals surface area contributed by atoms with Crippen molar-refractivity contribution in [2.45, 2.75) is 24.8 Å². The molecule has 1 aliphatic heterocycles. The number of aliphatic imine (C=N–C) groups is 1. The lowest BCUT2D eigenvalue weighted by Gasteiger charge is -2.31. The Morgan fingerprint density at radius 1 is 1.27 bits per heavy atom. The SMILES string of the molecule is CCN1C(=O)C[C@H](C(=O)Nc2ccccc2)SC1=Nc1ccc(Cl)c(C(F)(F)F)c1. The number of halogens is 4. The molecule has 1 saturated heterocycles. The van der Waals surface area contributed by atoms with Crippen molar-refractivity contribution in [3.8, 4) is 0 Å². The van der Waals surface area contributed by atoms with E-state index in [2.05, 4.69) is 10.3 Å². The number of nitrogens with zero attached hydrogens (tertiary/aromatic N) is 2. The summed E-state index contributed by atoms with van der Waals surface area (Å²) in [6, 6.07) is 12.0. The van der Waals surface area contributed by atoms with Crippen molar-refractivity contribution in [2.75, 3.05) is 11.9 Å². The van der Waals surface area contributed by atoms with Gasteiger partial charge >= 0.3 is 6.18 Å². The summed E-state index contributed by atoms with van der Waals surface area (Å²) in [7, 11) is 0. The number of alkyl halides is 3. The van der Waals surface area contributed by atoms with Gasteiger partial charge in [0.15, 0.2) is 5.17 Å². The summed E-state index contributed by atoms with van der Waals surface area (Å²) in [5, 5.41) is 1.70. The average molecular weight is 456 g/mol. The zero-order valence-electron chi connectivity index (χ0n) is 15.7. The first kappa shape index (κ1) is 22.2. The largest absolute Gasteiger partial charge is 0.417 e. The Morgan fingerprint density at radius 3 is 2.60 bits per heavy atom. The number of benzene rings is 2. The van der Waals surface area contributed by atoms with Gasteiger partial charge < -0.3 is 5.32 Å². The Bertz CT molecular complexity index is 983. The van der Waals surface area contributed by atoms with Gasteiger partial charge in [-0.1, -0.05) is 41.6 Å². The zero-order chi connectivity index (χ0) is 21.9. The molecule has 3 rings (SSSR count). The van der Waals surface area contributed by atoms with Gasteiger partial charge in [0.1, 0.15) is 5.25 Å². The lowest BCUT2D eigenvalue weighted by atomic mass is 10.2. The second-order valence-corrected chi connectivity index (χ2v) is 7.94. The van der Waals surface area contributed by atoms with Crippen molar-refractivity contribution in [1.29, 1.82) is 0 Å². The molecule has 2 aromatic rings. The molecular weight excluding hydrogens is 439 g/mol. The van der Waals surface area contributed by atoms with Gasteiger partial charge in [0.2, 0.25) is 11.8 Å². The molecule has 0 bridgehead atoms. The minimum Gasteiger partial charge on any atom is -0.325 e. The van der Waals surface area contributed by atoms with Crippen LogP contribution in [0, 0.1) is 0 Å². The number of carbonyl (C=O) groups is 2. The van der Waals surface area contributed by atoms with Gasteiger partial charge in [-0.3, -0.25) is 14.5 Å². The van der Waals surface area contributed by atoms with E-state index >= 15 is 0 Å². The van der Waals surface area contributed by atoms with Gasteiger partial charge in [0.25, 0.3) is 0 Å². The number of para-hydroxylation sites is 1. The molecular formula is C20H17ClF3N3O2S. The van der Waals surface area contributed by atoms with Crippen molar-refractivity contribution in [3.05, 3.63) is 59.1 Å². The number of thioether (sulfide) groups is 1. The average Bonchev–Trinajstić information content (AvgIpc) is 2.69. The highest BCUT2D eigenvalue weighted by Gasteiger charge is 2.36. The molecule has 1 fully saturated rings. The molecule has 30 heavy (non-hydrogen) atoms. The second-order valence-electron chi connectivity index (χ2n) is 6.36. The second kappa shape index (κ2) is 9.09. The fourth-order valence-corrected chi connectivity index (χ4v) is 4.19. The maximum Gasteiger partial charge on any atom is 0.417 e. The van der Waals surface area contributed by atoms with Gasteiger partial charge in [0.05, 0.1) is 16.3 Å². The number of nitrogens with one attached hydrogen (secondary N) is 1. The fourth-order valence-electron chi connectivity index (χ4n) is 2.81. The van der Waals surface area contributed by atoms with Gasteiger partial charge in [-0.15, -0.1) is 0 Å². The van der Waals surface area contributed by atoms with Crippen LogP contribution in [0.2, 0.25) is 5.02 Å². The van der Waals surface area contributed by atoms with Crippen LogP contribution in [0.5, 0.6) is 0 Å². The van der Waals surface area contributed by atoms with Crippen LogP contribution >= 0.6 is 23.4 Å². The highest BCUT2D eigenvalue weighted by molar-refractivity contribution is 8.15. The van der Waals surface area contributed by atoms with Crippen molar-refractivity contribution in [3.63, 3.8) is 0 Å². The maximum absolute atomic E-state index is 13.1. The molecule has 0 unspecified atom stereocenters. The number of hydrogen-bond donors (Lipinski definition) is 1. The molecule has 0 spiro atoms. The molecule has 2 amide bonds. The summed E-state index contributed by atoms with van der Waals surface area (Å²) in [6.45, 7) is 2.00. The van der Waals surface area contributed by atoms with Crippen LogP contribution in [0.3, 0.4) is 0 Å². The minimum absolute atomic E-state index is 0.00964. The molecule has 1 aliphatic rings. The van der Waals surface area contributed by atoms with E-state index in [0.717, 1.165) is 23.9 Å². The Morgan fingerprint density at radius 2 is 1.97 bits per heavy atom. The van der Waals surface area contributed by atoms with Crippen LogP contribution < -0.4 is 5.32 Å². The lowest BCUT2D eigenvalue weighted by molar-refractivity contribution is -0.137. The Kier molecular flexibility index (Phi) is 6.72. The normalized spacial score (nSPS) is 18.6. The topological polar surface area (TPSA) is 61.8 Å². The van der Waals surface area contributed by atoms with Crippen molar-refractivity contribution in [2.24, 2.45) is 4.99 Å². The number of hydrogen-bond acceptors (Lipinski definition) is 4. The van der Waals surface area contributed by atoms with Crippen LogP contribution in [0.1, 0.15) is 18.9 Å². The monoisotopic (exact) mass is 455 g/mol. The summed E-state index contributed by atoms with van der Waals surface area (Å²) >= 11 is 6.69. The quantitative estimate of drug-likeness (QED) is 0.677. The molecule has 0 aromatic heterocycles. The molecule has 2 aromatic carbocycles. The minimum atomic E-state index is -4.63. The molecule has 10 heteroatoms. The number of amidine groups is 1. The highest BCUT2D eigenvalue weighted by atomic mass is 35.5. The zero-order valence-corrected chi connectivity index (χ0v) is 17.3. The Balaban J connectivity index is 1.88. The number of amides is 2. The maximum atomic E-state index is 13.1. The van der Waals surface area contributed by atoms with E-state index in [1.54, 1.807) is 37.3 Å². The van der Waals surface area contributed by atoms with Crippen LogP contribution in [-0.4, -0.2) is 33.7 Å². The third-order valence-corrected chi connectivity index (χ3v) is 5.79. The van der Waals surface area contributed by atoms with Crippen LogP contribution in [0.4, 0.5) is 24.5 Å². The van der Waals surface area contributed by atoms with Gasteiger partial charge in [-0.2, -0.15) is 13.2 Å². The molecule has 158 valence electrons. The highest BCUT2D eigenvalue weighted by Crippen LogP contribution is 2.37. The first-order valence-electron chi connectivity index (χ1n) is 8.97. The molecule has 0 radical (unpaired) electrons. The number of anilines is 1. The summed E-state index contributed by atoms with van der Waals surface area (Å²) in [6.07, 6.45) is -4.67. The van der Waals surface area contributed by atoms with E-state index in [1.807, 2.05) is 0 Å². The summed E-state index contributed by atoms with van der Waals surface area (Å²) < 4.78 is 39.4. The Labute approximate surface area is 180 Å². The molecule has 1 atom stereocenters. The van der Waals surface area contributed by atoms with Crippen LogP contribution in [-0.2, 0) is 15.8 Å². The third kappa shape index (κ3) is 5.14. The van der Waals surface area contributed by atoms with Gasteiger partial charge in [0, 0.05) is 18.7 Å². The Hall–Kier alpha value is -2.52. The van der Waals surface area contributed by atoms with Crippen molar-refractivity contribution in [1.82, 2.24) is 4.90 Å². The summed E-state index contributed by atoms with van der Waals surface area (Å²) in [4.78, 5) is 30.7. The van der Waals surface area contributed by atoms with E-state index < -0.39 is 22.0 Å². The molecule has 0 aliphatic carbocycles. The van der Waals surface area contributed by atoms with Crippen LogP contribution in [0.15, 0.2) is 53.5 Å².